The predicted octanol–water partition coefficient (Wildman–Crippen LogP) is 25.0. The molecule has 0 aliphatic rings. The summed E-state index contributed by atoms with van der Waals surface area (Å²) >= 11 is 0. The van der Waals surface area contributed by atoms with Crippen molar-refractivity contribution in [2.24, 2.45) is 0 Å². The molecule has 4 heterocycles. The normalized spacial score (nSPS) is 12.8. The van der Waals surface area contributed by atoms with Crippen molar-refractivity contribution in [3.63, 3.8) is 0 Å². The first-order valence-corrected chi connectivity index (χ1v) is 32.5. The molecule has 0 atom stereocenters. The van der Waals surface area contributed by atoms with Gasteiger partial charge in [0, 0.05) is 88.6 Å². The van der Waals surface area contributed by atoms with Gasteiger partial charge in [-0.15, -0.1) is 0 Å². The third kappa shape index (κ3) is 9.36. The minimum Gasteiger partial charge on any atom is -0.456 e. The van der Waals surface area contributed by atoms with Gasteiger partial charge in [-0.25, -0.2) is 0 Å². The van der Waals surface area contributed by atoms with Crippen molar-refractivity contribution >= 4 is 132 Å². The van der Waals surface area contributed by atoms with Crippen LogP contribution in [0.25, 0.3) is 110 Å². The zero-order chi connectivity index (χ0) is 63.3. The second kappa shape index (κ2) is 20.6. The molecule has 452 valence electrons. The Morgan fingerprint density at radius 2 is 0.543 bits per heavy atom. The van der Waals surface area contributed by atoms with E-state index in [1.807, 2.05) is 0 Å². The minimum atomic E-state index is -0.0437. The Bertz CT molecular complexity index is 5210. The number of aromatic nitrogens is 2. The van der Waals surface area contributed by atoms with Gasteiger partial charge in [0.1, 0.15) is 22.3 Å². The first-order valence-electron chi connectivity index (χ1n) is 32.5. The zero-order valence-electron chi connectivity index (χ0n) is 54.7. The van der Waals surface area contributed by atoms with Crippen molar-refractivity contribution in [1.29, 1.82) is 0 Å². The molecule has 0 saturated carbocycles. The summed E-state index contributed by atoms with van der Waals surface area (Å²) in [6.07, 6.45) is 0. The van der Waals surface area contributed by atoms with E-state index < -0.39 is 0 Å². The van der Waals surface area contributed by atoms with Crippen LogP contribution in [0, 0.1) is 0 Å². The van der Waals surface area contributed by atoms with Crippen molar-refractivity contribution in [2.45, 2.75) is 105 Å². The monoisotopic (exact) mass is 1200 g/mol. The molecule has 12 aromatic carbocycles. The second-order valence-corrected chi connectivity index (χ2v) is 29.5. The van der Waals surface area contributed by atoms with Gasteiger partial charge in [-0.2, -0.15) is 0 Å². The van der Waals surface area contributed by atoms with E-state index in [-0.39, 0.29) is 21.7 Å². The number of rotatable bonds is 8. The van der Waals surface area contributed by atoms with Gasteiger partial charge in [0.05, 0.1) is 22.1 Å². The van der Waals surface area contributed by atoms with Crippen LogP contribution in [0.2, 0.25) is 0 Å². The van der Waals surface area contributed by atoms with Crippen LogP contribution >= 0.6 is 0 Å². The molecule has 16 rings (SSSR count). The summed E-state index contributed by atoms with van der Waals surface area (Å²) in [5, 5.41) is 11.3. The molecule has 6 heteroatoms. The molecule has 0 saturated heterocycles. The second-order valence-electron chi connectivity index (χ2n) is 29.5. The maximum absolute atomic E-state index is 6.83. The molecule has 92 heavy (non-hydrogen) atoms. The third-order valence-electron chi connectivity index (χ3n) is 19.2. The fourth-order valence-corrected chi connectivity index (χ4v) is 14.2. The van der Waals surface area contributed by atoms with Crippen LogP contribution in [0.4, 0.5) is 34.1 Å². The van der Waals surface area contributed by atoms with Crippen molar-refractivity contribution in [3.8, 4) is 11.4 Å². The van der Waals surface area contributed by atoms with Crippen LogP contribution < -0.4 is 9.80 Å². The Morgan fingerprint density at radius 1 is 0.239 bits per heavy atom. The summed E-state index contributed by atoms with van der Waals surface area (Å²) in [6, 6.07) is 89.7. The van der Waals surface area contributed by atoms with Gasteiger partial charge in [-0.1, -0.05) is 180 Å². The zero-order valence-corrected chi connectivity index (χ0v) is 54.7. The first kappa shape index (κ1) is 56.9. The van der Waals surface area contributed by atoms with Gasteiger partial charge in [0.2, 0.25) is 0 Å². The van der Waals surface area contributed by atoms with Crippen LogP contribution in [0.15, 0.2) is 251 Å². The lowest BCUT2D eigenvalue weighted by Gasteiger charge is -2.27. The fraction of sp³-hybridized carbons (Fsp3) is 0.186. The van der Waals surface area contributed by atoms with E-state index in [9.17, 15) is 0 Å². The van der Waals surface area contributed by atoms with E-state index in [0.29, 0.717) is 0 Å². The largest absolute Gasteiger partial charge is 0.456 e. The molecule has 0 bridgehead atoms. The highest BCUT2D eigenvalue weighted by Crippen LogP contribution is 2.48. The number of fused-ring (bicyclic) bond motifs is 15. The van der Waals surface area contributed by atoms with Gasteiger partial charge in [0.25, 0.3) is 0 Å². The van der Waals surface area contributed by atoms with Crippen LogP contribution in [-0.4, -0.2) is 9.13 Å². The number of furan rings is 2. The number of nitrogens with zero attached hydrogens (tertiary/aromatic N) is 4. The summed E-state index contributed by atoms with van der Waals surface area (Å²) in [5.41, 5.74) is 21.8. The average molecular weight is 1200 g/mol. The van der Waals surface area contributed by atoms with Crippen molar-refractivity contribution in [1.82, 2.24) is 9.13 Å². The maximum Gasteiger partial charge on any atom is 0.136 e. The number of hydrogen-bond acceptors (Lipinski definition) is 4. The number of benzene rings is 12. The Hall–Kier alpha value is -10.3. The molecule has 0 spiro atoms. The highest BCUT2D eigenvalue weighted by atomic mass is 16.3. The first-order chi connectivity index (χ1) is 44.1. The smallest absolute Gasteiger partial charge is 0.136 e. The Morgan fingerprint density at radius 3 is 0.913 bits per heavy atom. The van der Waals surface area contributed by atoms with E-state index in [2.05, 4.69) is 345 Å². The minimum absolute atomic E-state index is 0.0437. The molecule has 16 aromatic rings. The molecule has 0 amide bonds. The molecule has 0 fully saturated rings. The van der Waals surface area contributed by atoms with Crippen LogP contribution in [0.3, 0.4) is 0 Å². The lowest BCUT2D eigenvalue weighted by atomic mass is 9.80. The van der Waals surface area contributed by atoms with E-state index in [1.165, 1.54) is 66.2 Å². The Labute approximate surface area is 538 Å². The quantitative estimate of drug-likeness (QED) is 0.152. The van der Waals surface area contributed by atoms with Crippen LogP contribution in [0.5, 0.6) is 0 Å². The molecule has 0 aliphatic carbocycles. The van der Waals surface area contributed by atoms with Crippen LogP contribution in [0.1, 0.15) is 105 Å². The topological polar surface area (TPSA) is 42.6 Å². The highest BCUT2D eigenvalue weighted by molar-refractivity contribution is 6.28. The maximum atomic E-state index is 6.83. The number of hydrogen-bond donors (Lipinski definition) is 0. The van der Waals surface area contributed by atoms with Gasteiger partial charge >= 0.3 is 0 Å². The van der Waals surface area contributed by atoms with E-state index in [1.54, 1.807) is 0 Å². The fourth-order valence-electron chi connectivity index (χ4n) is 14.2. The van der Waals surface area contributed by atoms with E-state index in [4.69, 9.17) is 8.83 Å². The number of anilines is 6. The summed E-state index contributed by atoms with van der Waals surface area (Å²) in [4.78, 5) is 4.78. The summed E-state index contributed by atoms with van der Waals surface area (Å²) in [5.74, 6) is 0. The summed E-state index contributed by atoms with van der Waals surface area (Å²) in [7, 11) is 0. The van der Waals surface area contributed by atoms with E-state index in [0.717, 1.165) is 99.8 Å². The average Bonchev–Trinajstić information content (AvgIpc) is 1.58. The highest BCUT2D eigenvalue weighted by Gasteiger charge is 2.28. The Balaban J connectivity index is 0.857. The SMILES string of the molecule is CC(C)(C)c1cc(-n2c3ccccc3c3ccc(N(c4ccccc4)c4ccc5oc6ccc7c(ccc8oc9ccc(N(c%10ccccc%10)c%10ccc%11c%12ccccc%12n(-c%12cc(C(C)(C)C)cc(C(C)(C)C)c%12)c%11c%10)cc9c87)c6c5c4)cc32)cc(C(C)(C)C)c1. The molecule has 0 N–H and O–H groups in total. The predicted molar refractivity (Wildman–Crippen MR) is 391 cm³/mol. The van der Waals surface area contributed by atoms with Crippen molar-refractivity contribution < 1.29 is 8.83 Å². The lowest BCUT2D eigenvalue weighted by molar-refractivity contribution is 0.567. The van der Waals surface area contributed by atoms with Crippen molar-refractivity contribution in [2.75, 3.05) is 9.80 Å². The molecule has 4 aromatic heterocycles. The van der Waals surface area contributed by atoms with Gasteiger partial charge in [-0.05, 0) is 200 Å². The third-order valence-corrected chi connectivity index (χ3v) is 19.2. The lowest BCUT2D eigenvalue weighted by Crippen LogP contribution is -2.17. The molecule has 0 aliphatic heterocycles. The van der Waals surface area contributed by atoms with Gasteiger partial charge in [0.15, 0.2) is 0 Å². The van der Waals surface area contributed by atoms with E-state index >= 15 is 0 Å². The molecular weight excluding hydrogens is 1120 g/mol. The summed E-state index contributed by atoms with van der Waals surface area (Å²) in [6.45, 7) is 27.8. The van der Waals surface area contributed by atoms with Gasteiger partial charge in [-0.3, -0.25) is 0 Å². The molecule has 0 unspecified atom stereocenters. The van der Waals surface area contributed by atoms with Crippen molar-refractivity contribution in [3.05, 3.63) is 265 Å². The molecule has 6 nitrogen and oxygen atoms in total. The Kier molecular flexibility index (Phi) is 12.7. The van der Waals surface area contributed by atoms with Gasteiger partial charge < -0.3 is 27.8 Å². The summed E-state index contributed by atoms with van der Waals surface area (Å²) < 4.78 is 18.6. The standard InChI is InChI=1S/C86H76N4O2/c1-83(2,3)53-43-54(84(4,5)6)46-63(45-53)89-73-29-21-19-27-65(73)67-35-31-61(51-75(67)89)87(57-23-15-13-16-24-57)59-33-39-77-71(49-59)81-69-37-42-80-82(70(69)38-41-79(81)91-77)72-50-60(34-40-78(72)92-80)88(58-25-17-14-18-26-58)62-32-36-68-66-28-20-22-30-74(66)90(76(68)52-62)64-47-55(85(7,8)9)44-56(48-64)86(10,11)12/h13-52H,1-12H3. The number of para-hydroxylation sites is 4. The molecule has 0 radical (unpaired) electrons. The molecular formula is C86H76N4O2. The van der Waals surface area contributed by atoms with Crippen LogP contribution in [-0.2, 0) is 21.7 Å².